The Hall–Kier alpha value is -11.0. The van der Waals surface area contributed by atoms with Gasteiger partial charge in [-0.3, -0.25) is 0 Å². The molecule has 0 aliphatic heterocycles. The van der Waals surface area contributed by atoms with Gasteiger partial charge in [-0.15, -0.1) is 0 Å². The molecule has 382 valence electrons. The first-order chi connectivity index (χ1) is 40.6. The summed E-state index contributed by atoms with van der Waals surface area (Å²) < 4.78 is 8.88. The zero-order valence-electron chi connectivity index (χ0n) is 44.4. The maximum atomic E-state index is 6.42. The average molecular weight is 1050 g/mol. The van der Waals surface area contributed by atoms with Gasteiger partial charge in [0.2, 0.25) is 0 Å². The van der Waals surface area contributed by atoms with Crippen LogP contribution in [0.25, 0.3) is 161 Å². The number of nitrogens with zero attached hydrogens (tertiary/aromatic N) is 4. The van der Waals surface area contributed by atoms with E-state index in [0.29, 0.717) is 17.5 Å². The highest BCUT2D eigenvalue weighted by atomic mass is 16.3. The van der Waals surface area contributed by atoms with Crippen molar-refractivity contribution in [2.24, 2.45) is 0 Å². The fourth-order valence-corrected chi connectivity index (χ4v) is 12.1. The Labute approximate surface area is 473 Å². The van der Waals surface area contributed by atoms with Crippen molar-refractivity contribution >= 4 is 65.3 Å². The first kappa shape index (κ1) is 47.0. The number of rotatable bonds is 9. The maximum Gasteiger partial charge on any atom is 0.164 e. The van der Waals surface area contributed by atoms with E-state index in [2.05, 4.69) is 284 Å². The Morgan fingerprint density at radius 2 is 0.671 bits per heavy atom. The van der Waals surface area contributed by atoms with Crippen LogP contribution in [-0.2, 0) is 0 Å². The highest BCUT2D eigenvalue weighted by Crippen LogP contribution is 2.43. The van der Waals surface area contributed by atoms with Gasteiger partial charge in [0, 0.05) is 43.8 Å². The van der Waals surface area contributed by atoms with Crippen LogP contribution < -0.4 is 0 Å². The Morgan fingerprint density at radius 1 is 0.244 bits per heavy atom. The van der Waals surface area contributed by atoms with E-state index in [0.717, 1.165) is 88.7 Å². The number of para-hydroxylation sites is 1. The molecule has 5 heteroatoms. The summed E-state index contributed by atoms with van der Waals surface area (Å²) in [6.45, 7) is 0. The van der Waals surface area contributed by atoms with Crippen LogP contribution in [-0.4, -0.2) is 19.5 Å². The summed E-state index contributed by atoms with van der Waals surface area (Å²) in [7, 11) is 0. The lowest BCUT2D eigenvalue weighted by atomic mass is 9.98. The van der Waals surface area contributed by atoms with Crippen molar-refractivity contribution in [1.29, 1.82) is 0 Å². The van der Waals surface area contributed by atoms with E-state index in [-0.39, 0.29) is 0 Å². The minimum atomic E-state index is 0.572. The molecule has 3 heterocycles. The molecule has 0 amide bonds. The second-order valence-corrected chi connectivity index (χ2v) is 21.1. The fraction of sp³-hybridized carbons (Fsp3) is 0. The molecule has 0 N–H and O–H groups in total. The molecule has 0 aliphatic rings. The van der Waals surface area contributed by atoms with Gasteiger partial charge in [0.05, 0.1) is 16.7 Å². The van der Waals surface area contributed by atoms with Gasteiger partial charge in [-0.05, 0) is 126 Å². The molecule has 0 unspecified atom stereocenters. The second kappa shape index (κ2) is 19.4. The van der Waals surface area contributed by atoms with E-state index in [9.17, 15) is 0 Å². The van der Waals surface area contributed by atoms with Crippen molar-refractivity contribution in [2.75, 3.05) is 0 Å². The van der Waals surface area contributed by atoms with E-state index >= 15 is 0 Å². The predicted molar refractivity (Wildman–Crippen MR) is 340 cm³/mol. The van der Waals surface area contributed by atoms with E-state index in [1.807, 2.05) is 12.1 Å². The van der Waals surface area contributed by atoms with Gasteiger partial charge in [-0.25, -0.2) is 15.0 Å². The Morgan fingerprint density at radius 3 is 1.24 bits per heavy atom. The maximum absolute atomic E-state index is 6.42. The van der Waals surface area contributed by atoms with Crippen LogP contribution in [0.2, 0.25) is 0 Å². The van der Waals surface area contributed by atoms with Gasteiger partial charge in [0.1, 0.15) is 11.2 Å². The molecule has 0 fully saturated rings. The summed E-state index contributed by atoms with van der Waals surface area (Å²) in [5.41, 5.74) is 19.0. The standard InChI is InChI=1S/C77H48N4O/c1-3-13-49(14-4-1)51-23-27-53(28-24-51)55-31-35-58(36-32-55)75-78-76(59-37-33-56(34-38-59)54-29-25-52(26-30-54)50-15-5-2-6-16-50)80-77(79-75)63-40-42-69(66(47-63)62-41-44-73-67(46-62)65-21-11-12-22-72(65)82-73)81-70-43-39-57-17-9-10-20-64(57)74(70)68-45-60-18-7-8-19-61(60)48-71(68)81/h1-48H. The molecular weight excluding hydrogens is 997 g/mol. The molecule has 82 heavy (non-hydrogen) atoms. The molecule has 3 aromatic heterocycles. The molecule has 16 rings (SSSR count). The van der Waals surface area contributed by atoms with E-state index in [4.69, 9.17) is 19.4 Å². The first-order valence-corrected chi connectivity index (χ1v) is 27.8. The van der Waals surface area contributed by atoms with Crippen LogP contribution >= 0.6 is 0 Å². The number of hydrogen-bond acceptors (Lipinski definition) is 4. The quantitative estimate of drug-likeness (QED) is 0.145. The summed E-state index contributed by atoms with van der Waals surface area (Å²) in [6.07, 6.45) is 0. The SMILES string of the molecule is c1ccc(-c2ccc(-c3ccc(-c4nc(-c5ccc(-c6ccc(-c7ccccc7)cc6)cc5)nc(-c5ccc(-n6c7cc8ccccc8cc7c7c8ccccc8ccc76)c(-c6ccc7oc8ccccc8c7c6)c5)n4)cc3)cc2)cc1. The highest BCUT2D eigenvalue weighted by molar-refractivity contribution is 6.23. The molecule has 0 saturated carbocycles. The van der Waals surface area contributed by atoms with Crippen molar-refractivity contribution < 1.29 is 4.42 Å². The summed E-state index contributed by atoms with van der Waals surface area (Å²) in [6, 6.07) is 104. The normalized spacial score (nSPS) is 11.7. The molecule has 0 saturated heterocycles. The summed E-state index contributed by atoms with van der Waals surface area (Å²) in [5.74, 6) is 1.75. The van der Waals surface area contributed by atoms with E-state index in [1.165, 1.54) is 54.6 Å². The van der Waals surface area contributed by atoms with Crippen molar-refractivity contribution in [3.63, 3.8) is 0 Å². The topological polar surface area (TPSA) is 56.7 Å². The van der Waals surface area contributed by atoms with E-state index < -0.39 is 0 Å². The second-order valence-electron chi connectivity index (χ2n) is 21.1. The highest BCUT2D eigenvalue weighted by Gasteiger charge is 2.22. The molecule has 16 aromatic rings. The third-order valence-electron chi connectivity index (χ3n) is 16.3. The van der Waals surface area contributed by atoms with Gasteiger partial charge < -0.3 is 8.98 Å². The summed E-state index contributed by atoms with van der Waals surface area (Å²) in [4.78, 5) is 16.0. The van der Waals surface area contributed by atoms with Crippen LogP contribution in [0, 0.1) is 0 Å². The van der Waals surface area contributed by atoms with Crippen LogP contribution in [0.3, 0.4) is 0 Å². The zero-order valence-corrected chi connectivity index (χ0v) is 44.4. The van der Waals surface area contributed by atoms with Gasteiger partial charge in [-0.2, -0.15) is 0 Å². The number of aromatic nitrogens is 4. The van der Waals surface area contributed by atoms with Crippen LogP contribution in [0.4, 0.5) is 0 Å². The number of benzene rings is 13. The van der Waals surface area contributed by atoms with Gasteiger partial charge in [0.25, 0.3) is 0 Å². The predicted octanol–water partition coefficient (Wildman–Crippen LogP) is 20.5. The lowest BCUT2D eigenvalue weighted by molar-refractivity contribution is 0.669. The largest absolute Gasteiger partial charge is 0.456 e. The molecule has 0 aliphatic carbocycles. The lowest BCUT2D eigenvalue weighted by Gasteiger charge is -2.17. The average Bonchev–Trinajstić information content (AvgIpc) is 3.98. The van der Waals surface area contributed by atoms with Gasteiger partial charge in [0.15, 0.2) is 17.5 Å². The van der Waals surface area contributed by atoms with Crippen molar-refractivity contribution in [3.05, 3.63) is 291 Å². The third-order valence-corrected chi connectivity index (χ3v) is 16.3. The minimum absolute atomic E-state index is 0.572. The number of hydrogen-bond donors (Lipinski definition) is 0. The molecule has 0 atom stereocenters. The van der Waals surface area contributed by atoms with Gasteiger partial charge in [-0.1, -0.05) is 237 Å². The smallest absolute Gasteiger partial charge is 0.164 e. The fourth-order valence-electron chi connectivity index (χ4n) is 12.1. The Bertz CT molecular complexity index is 4960. The molecule has 13 aromatic carbocycles. The summed E-state index contributed by atoms with van der Waals surface area (Å²) >= 11 is 0. The summed E-state index contributed by atoms with van der Waals surface area (Å²) in [5, 5.41) is 9.36. The molecule has 0 bridgehead atoms. The first-order valence-electron chi connectivity index (χ1n) is 27.8. The monoisotopic (exact) mass is 1040 g/mol. The molecule has 5 nitrogen and oxygen atoms in total. The van der Waals surface area contributed by atoms with Crippen molar-refractivity contribution in [2.45, 2.75) is 0 Å². The molecule has 0 radical (unpaired) electrons. The molecular formula is C77H48N4O. The Kier molecular flexibility index (Phi) is 11.1. The number of fused-ring (bicyclic) bond motifs is 9. The van der Waals surface area contributed by atoms with Crippen LogP contribution in [0.15, 0.2) is 296 Å². The third kappa shape index (κ3) is 8.22. The van der Waals surface area contributed by atoms with Crippen molar-refractivity contribution in [3.8, 4) is 95.5 Å². The zero-order chi connectivity index (χ0) is 54.1. The van der Waals surface area contributed by atoms with Crippen LogP contribution in [0.1, 0.15) is 0 Å². The van der Waals surface area contributed by atoms with Crippen LogP contribution in [0.5, 0.6) is 0 Å². The van der Waals surface area contributed by atoms with Gasteiger partial charge >= 0.3 is 0 Å². The van der Waals surface area contributed by atoms with E-state index in [1.54, 1.807) is 0 Å². The number of furan rings is 1. The lowest BCUT2D eigenvalue weighted by Crippen LogP contribution is -2.02. The Balaban J connectivity index is 0.871. The molecule has 0 spiro atoms. The van der Waals surface area contributed by atoms with Crippen molar-refractivity contribution in [1.82, 2.24) is 19.5 Å². The minimum Gasteiger partial charge on any atom is -0.456 e.